The molecule has 3 heterocycles. The van der Waals surface area contributed by atoms with Crippen molar-refractivity contribution in [2.24, 2.45) is 17.8 Å². The minimum absolute atomic E-state index is 0.0258. The van der Waals surface area contributed by atoms with Gasteiger partial charge in [0.2, 0.25) is 11.8 Å². The van der Waals surface area contributed by atoms with E-state index in [2.05, 4.69) is 6.58 Å². The van der Waals surface area contributed by atoms with E-state index in [-0.39, 0.29) is 17.9 Å². The van der Waals surface area contributed by atoms with Crippen LogP contribution in [0.15, 0.2) is 43.0 Å². The lowest BCUT2D eigenvalue weighted by Crippen LogP contribution is -2.59. The molecule has 2 bridgehead atoms. The quantitative estimate of drug-likeness (QED) is 0.521. The number of rotatable bonds is 8. The fourth-order valence-corrected chi connectivity index (χ4v) is 7.81. The number of carbonyl (C=O) groups is 3. The molecule has 2 N–H and O–H groups in total. The molecule has 7 atom stereocenters. The van der Waals surface area contributed by atoms with E-state index in [1.54, 1.807) is 13.0 Å². The molecule has 3 unspecified atom stereocenters. The van der Waals surface area contributed by atoms with E-state index < -0.39 is 53.6 Å². The highest BCUT2D eigenvalue weighted by Gasteiger charge is 2.80. The number of hydrogen-bond donors (Lipinski definition) is 2. The summed E-state index contributed by atoms with van der Waals surface area (Å²) in [5.41, 5.74) is -1.62. The van der Waals surface area contributed by atoms with Crippen molar-refractivity contribution in [3.05, 3.63) is 48.6 Å². The van der Waals surface area contributed by atoms with Crippen LogP contribution in [-0.4, -0.2) is 74.2 Å². The van der Waals surface area contributed by atoms with Gasteiger partial charge in [0.15, 0.2) is 0 Å². The van der Waals surface area contributed by atoms with Gasteiger partial charge in [-0.3, -0.25) is 14.4 Å². The van der Waals surface area contributed by atoms with Gasteiger partial charge < -0.3 is 24.7 Å². The van der Waals surface area contributed by atoms with Gasteiger partial charge in [-0.15, -0.1) is 6.58 Å². The lowest BCUT2D eigenvalue weighted by atomic mass is 9.62. The Hall–Kier alpha value is -2.71. The van der Waals surface area contributed by atoms with Crippen LogP contribution in [0.1, 0.15) is 64.0 Å². The third-order valence-electron chi connectivity index (χ3n) is 9.57. The maximum atomic E-state index is 14.6. The number of carbonyl (C=O) groups excluding carboxylic acids is 2. The van der Waals surface area contributed by atoms with Crippen LogP contribution in [0.4, 0.5) is 0 Å². The molecule has 2 amide bonds. The standard InChI is InChI=1S/C29H38N2O6/c1-4-15-30(20-13-9-6-10-14-20)26(34)24-29-16-18(2)28(3,37-29)23(27(35)36)22(29)25(33)31(24)21(17-32)19-11-7-5-8-12-19/h4-5,7-8,11-12,18,20-24,32H,1,6,9-10,13-17H2,2-3H3,(H,35,36)/t18?,21-,22+,23-,24?,28+,29?/m1/s1. The van der Waals surface area contributed by atoms with Gasteiger partial charge in [-0.1, -0.05) is 62.6 Å². The predicted molar refractivity (Wildman–Crippen MR) is 136 cm³/mol. The average Bonchev–Trinajstić information content (AvgIpc) is 3.41. The van der Waals surface area contributed by atoms with Gasteiger partial charge >= 0.3 is 5.97 Å². The van der Waals surface area contributed by atoms with E-state index in [0.717, 1.165) is 32.1 Å². The zero-order valence-corrected chi connectivity index (χ0v) is 21.7. The van der Waals surface area contributed by atoms with Crippen LogP contribution in [0.3, 0.4) is 0 Å². The number of aliphatic hydroxyl groups is 1. The van der Waals surface area contributed by atoms with Crippen LogP contribution in [0.2, 0.25) is 0 Å². The van der Waals surface area contributed by atoms with Crippen LogP contribution >= 0.6 is 0 Å². The summed E-state index contributed by atoms with van der Waals surface area (Å²) in [6, 6.07) is 7.35. The first-order valence-electron chi connectivity index (χ1n) is 13.5. The summed E-state index contributed by atoms with van der Waals surface area (Å²) in [4.78, 5) is 44.8. The van der Waals surface area contributed by atoms with Gasteiger partial charge in [-0.2, -0.15) is 0 Å². The van der Waals surface area contributed by atoms with Gasteiger partial charge in [0.1, 0.15) is 17.6 Å². The average molecular weight is 511 g/mol. The molecule has 0 radical (unpaired) electrons. The fourth-order valence-electron chi connectivity index (χ4n) is 7.81. The Morgan fingerprint density at radius 3 is 2.51 bits per heavy atom. The molecule has 200 valence electrons. The number of hydrogen-bond acceptors (Lipinski definition) is 5. The molecular weight excluding hydrogens is 472 g/mol. The number of amides is 2. The maximum absolute atomic E-state index is 14.6. The number of aliphatic carboxylic acids is 1. The zero-order chi connectivity index (χ0) is 26.5. The van der Waals surface area contributed by atoms with Gasteiger partial charge in [-0.05, 0) is 37.7 Å². The van der Waals surface area contributed by atoms with Crippen LogP contribution < -0.4 is 0 Å². The Morgan fingerprint density at radius 1 is 1.24 bits per heavy atom. The molecule has 1 aromatic carbocycles. The topological polar surface area (TPSA) is 107 Å². The SMILES string of the molecule is C=CCN(C(=O)C1N([C@H](CO)c2ccccc2)C(=O)[C@@H]2[C@H](C(=O)O)[C@@]3(C)OC12CC3C)C1CCCCC1. The summed E-state index contributed by atoms with van der Waals surface area (Å²) < 4.78 is 6.64. The largest absolute Gasteiger partial charge is 0.481 e. The van der Waals surface area contributed by atoms with Crippen molar-refractivity contribution >= 4 is 17.8 Å². The molecule has 8 heteroatoms. The summed E-state index contributed by atoms with van der Waals surface area (Å²) in [6.07, 6.45) is 7.07. The van der Waals surface area contributed by atoms with Gasteiger partial charge in [0, 0.05) is 12.6 Å². The Kier molecular flexibility index (Phi) is 6.69. The predicted octanol–water partition coefficient (Wildman–Crippen LogP) is 3.16. The molecule has 1 saturated carbocycles. The Morgan fingerprint density at radius 2 is 1.92 bits per heavy atom. The third kappa shape index (κ3) is 3.75. The Bertz CT molecular complexity index is 1070. The highest BCUT2D eigenvalue weighted by molar-refractivity contribution is 5.98. The number of carboxylic acids is 1. The minimum Gasteiger partial charge on any atom is -0.481 e. The van der Waals surface area contributed by atoms with Gasteiger partial charge in [0.25, 0.3) is 0 Å². The second kappa shape index (κ2) is 9.55. The smallest absolute Gasteiger partial charge is 0.310 e. The van der Waals surface area contributed by atoms with Crippen molar-refractivity contribution < 1.29 is 29.3 Å². The minimum atomic E-state index is -1.26. The summed E-state index contributed by atoms with van der Waals surface area (Å²) in [7, 11) is 0. The summed E-state index contributed by atoms with van der Waals surface area (Å²) in [5, 5.41) is 20.9. The van der Waals surface area contributed by atoms with E-state index in [0.29, 0.717) is 18.5 Å². The number of carboxylic acid groups (broad SMARTS) is 1. The van der Waals surface area contributed by atoms with E-state index in [4.69, 9.17) is 4.74 Å². The monoisotopic (exact) mass is 510 g/mol. The molecular formula is C29H38N2O6. The van der Waals surface area contributed by atoms with Crippen LogP contribution in [0.25, 0.3) is 0 Å². The fraction of sp³-hybridized carbons (Fsp3) is 0.621. The maximum Gasteiger partial charge on any atom is 0.310 e. The molecule has 0 aromatic heterocycles. The molecule has 4 fully saturated rings. The van der Waals surface area contributed by atoms with Crippen LogP contribution in [0.5, 0.6) is 0 Å². The molecule has 3 saturated heterocycles. The summed E-state index contributed by atoms with van der Waals surface area (Å²) in [5.74, 6) is -3.96. The Balaban J connectivity index is 1.65. The molecule has 3 aliphatic heterocycles. The highest BCUT2D eigenvalue weighted by Crippen LogP contribution is 2.66. The van der Waals surface area contributed by atoms with Crippen molar-refractivity contribution in [2.45, 2.75) is 81.7 Å². The third-order valence-corrected chi connectivity index (χ3v) is 9.57. The normalized spacial score (nSPS) is 35.9. The lowest BCUT2D eigenvalue weighted by molar-refractivity contribution is -0.161. The van der Waals surface area contributed by atoms with E-state index in [9.17, 15) is 24.6 Å². The molecule has 5 rings (SSSR count). The molecule has 1 aliphatic carbocycles. The number of likely N-dealkylation sites (tertiary alicyclic amines) is 1. The first-order chi connectivity index (χ1) is 17.7. The second-order valence-electron chi connectivity index (χ2n) is 11.5. The number of aliphatic hydroxyl groups excluding tert-OH is 1. The van der Waals surface area contributed by atoms with E-state index in [1.165, 1.54) is 4.90 Å². The van der Waals surface area contributed by atoms with Crippen LogP contribution in [-0.2, 0) is 19.1 Å². The van der Waals surface area contributed by atoms with Gasteiger partial charge in [0.05, 0.1) is 24.2 Å². The first-order valence-corrected chi connectivity index (χ1v) is 13.5. The zero-order valence-electron chi connectivity index (χ0n) is 21.7. The van der Waals surface area contributed by atoms with E-state index >= 15 is 0 Å². The number of fused-ring (bicyclic) bond motifs is 1. The van der Waals surface area contributed by atoms with Crippen molar-refractivity contribution in [2.75, 3.05) is 13.2 Å². The number of ether oxygens (including phenoxy) is 1. The van der Waals surface area contributed by atoms with Crippen molar-refractivity contribution in [1.29, 1.82) is 0 Å². The van der Waals surface area contributed by atoms with E-state index in [1.807, 2.05) is 42.2 Å². The molecule has 4 aliphatic rings. The Labute approximate surface area is 218 Å². The molecule has 1 spiro atoms. The second-order valence-corrected chi connectivity index (χ2v) is 11.5. The van der Waals surface area contributed by atoms with Crippen molar-refractivity contribution in [1.82, 2.24) is 9.80 Å². The first kappa shape index (κ1) is 25.9. The lowest BCUT2D eigenvalue weighted by Gasteiger charge is -2.42. The van der Waals surface area contributed by atoms with Crippen molar-refractivity contribution in [3.8, 4) is 0 Å². The van der Waals surface area contributed by atoms with Crippen molar-refractivity contribution in [3.63, 3.8) is 0 Å². The highest BCUT2D eigenvalue weighted by atomic mass is 16.5. The number of benzene rings is 1. The molecule has 1 aromatic rings. The molecule has 37 heavy (non-hydrogen) atoms. The molecule has 8 nitrogen and oxygen atoms in total. The summed E-state index contributed by atoms with van der Waals surface area (Å²) >= 11 is 0. The number of nitrogens with zero attached hydrogens (tertiary/aromatic N) is 2. The van der Waals surface area contributed by atoms with Gasteiger partial charge in [-0.25, -0.2) is 0 Å². The summed E-state index contributed by atoms with van der Waals surface area (Å²) in [6.45, 7) is 7.55. The van der Waals surface area contributed by atoms with Crippen LogP contribution in [0, 0.1) is 17.8 Å².